The second-order valence-corrected chi connectivity index (χ2v) is 4.52. The minimum absolute atomic E-state index is 0.102. The Hall–Kier alpha value is -2.04. The zero-order valence-electron chi connectivity index (χ0n) is 10.1. The highest BCUT2D eigenvalue weighted by atomic mass is 16.2. The number of rotatable bonds is 3. The topological polar surface area (TPSA) is 84.2 Å². The van der Waals surface area contributed by atoms with E-state index in [0.717, 1.165) is 12.8 Å². The number of hydrogen-bond acceptors (Lipinski definition) is 2. The molecule has 0 bridgehead atoms. The van der Waals surface area contributed by atoms with Crippen LogP contribution in [0, 0.1) is 0 Å². The number of nitrogens with two attached hydrogens (primary N) is 1. The molecule has 1 aromatic rings. The standard InChI is InChI=1S/C13H17N3O2/c14-13(18)16-11-7-3-4-9(8-11)12(17)15-10-5-1-2-6-10/h3-4,7-8,10H,1-2,5-6H2,(H,15,17)(H3,14,16,18). The number of amides is 3. The van der Waals surface area contributed by atoms with Gasteiger partial charge < -0.3 is 16.4 Å². The minimum atomic E-state index is -0.636. The number of benzene rings is 1. The lowest BCUT2D eigenvalue weighted by molar-refractivity contribution is 0.0938. The van der Waals surface area contributed by atoms with Crippen LogP contribution in [-0.4, -0.2) is 18.0 Å². The fraction of sp³-hybridized carbons (Fsp3) is 0.385. The molecule has 96 valence electrons. The first kappa shape index (κ1) is 12.4. The van der Waals surface area contributed by atoms with Gasteiger partial charge in [0.15, 0.2) is 0 Å². The molecule has 0 unspecified atom stereocenters. The second kappa shape index (κ2) is 5.53. The van der Waals surface area contributed by atoms with Crippen LogP contribution in [0.4, 0.5) is 10.5 Å². The quantitative estimate of drug-likeness (QED) is 0.761. The van der Waals surface area contributed by atoms with Crippen LogP contribution < -0.4 is 16.4 Å². The van der Waals surface area contributed by atoms with Gasteiger partial charge in [-0.2, -0.15) is 0 Å². The van der Waals surface area contributed by atoms with Gasteiger partial charge in [0, 0.05) is 17.3 Å². The maximum absolute atomic E-state index is 12.0. The predicted molar refractivity (Wildman–Crippen MR) is 69.4 cm³/mol. The molecule has 0 atom stereocenters. The van der Waals surface area contributed by atoms with Gasteiger partial charge in [-0.05, 0) is 31.0 Å². The van der Waals surface area contributed by atoms with E-state index in [-0.39, 0.29) is 11.9 Å². The van der Waals surface area contributed by atoms with Gasteiger partial charge in [0.25, 0.3) is 5.91 Å². The Morgan fingerprint density at radius 3 is 2.61 bits per heavy atom. The van der Waals surface area contributed by atoms with Crippen molar-refractivity contribution >= 4 is 17.6 Å². The molecular formula is C13H17N3O2. The number of nitrogens with one attached hydrogen (secondary N) is 2. The van der Waals surface area contributed by atoms with Gasteiger partial charge in [-0.15, -0.1) is 0 Å². The summed E-state index contributed by atoms with van der Waals surface area (Å²) in [6.07, 6.45) is 4.44. The second-order valence-electron chi connectivity index (χ2n) is 4.52. The molecule has 5 heteroatoms. The molecule has 2 rings (SSSR count). The van der Waals surface area contributed by atoms with Crippen LogP contribution in [0.15, 0.2) is 24.3 Å². The Morgan fingerprint density at radius 1 is 1.22 bits per heavy atom. The molecule has 1 saturated carbocycles. The molecule has 4 N–H and O–H groups in total. The molecule has 18 heavy (non-hydrogen) atoms. The Labute approximate surface area is 106 Å². The molecule has 1 aliphatic rings. The summed E-state index contributed by atoms with van der Waals surface area (Å²) in [5.74, 6) is -0.102. The van der Waals surface area contributed by atoms with Crippen LogP contribution in [0.2, 0.25) is 0 Å². The Morgan fingerprint density at radius 2 is 1.94 bits per heavy atom. The zero-order valence-corrected chi connectivity index (χ0v) is 10.1. The monoisotopic (exact) mass is 247 g/mol. The highest BCUT2D eigenvalue weighted by molar-refractivity contribution is 5.96. The van der Waals surface area contributed by atoms with E-state index in [1.807, 2.05) is 0 Å². The first-order chi connectivity index (χ1) is 8.65. The summed E-state index contributed by atoms with van der Waals surface area (Å²) in [7, 11) is 0. The fourth-order valence-electron chi connectivity index (χ4n) is 2.22. The van der Waals surface area contributed by atoms with E-state index in [9.17, 15) is 9.59 Å². The van der Waals surface area contributed by atoms with Crippen molar-refractivity contribution in [1.29, 1.82) is 0 Å². The van der Waals surface area contributed by atoms with Crippen molar-refractivity contribution in [2.24, 2.45) is 5.73 Å². The minimum Gasteiger partial charge on any atom is -0.351 e. The number of anilines is 1. The smallest absolute Gasteiger partial charge is 0.316 e. The number of primary amides is 1. The SMILES string of the molecule is NC(=O)Nc1cccc(C(=O)NC2CCCC2)c1. The van der Waals surface area contributed by atoms with Crippen LogP contribution >= 0.6 is 0 Å². The molecule has 3 amide bonds. The third-order valence-corrected chi connectivity index (χ3v) is 3.08. The molecule has 1 aromatic carbocycles. The maximum Gasteiger partial charge on any atom is 0.316 e. The molecule has 0 heterocycles. The van der Waals surface area contributed by atoms with Gasteiger partial charge in [0.2, 0.25) is 0 Å². The number of carbonyl (C=O) groups excluding carboxylic acids is 2. The average molecular weight is 247 g/mol. The van der Waals surface area contributed by atoms with Crippen molar-refractivity contribution in [3.8, 4) is 0 Å². The van der Waals surface area contributed by atoms with Gasteiger partial charge in [0.05, 0.1) is 0 Å². The molecule has 0 aliphatic heterocycles. The lowest BCUT2D eigenvalue weighted by Crippen LogP contribution is -2.32. The summed E-state index contributed by atoms with van der Waals surface area (Å²) >= 11 is 0. The van der Waals surface area contributed by atoms with Crippen LogP contribution in [0.5, 0.6) is 0 Å². The van der Waals surface area contributed by atoms with E-state index in [1.165, 1.54) is 12.8 Å². The van der Waals surface area contributed by atoms with E-state index in [4.69, 9.17) is 5.73 Å². The Balaban J connectivity index is 2.02. The Bertz CT molecular complexity index is 453. The average Bonchev–Trinajstić information content (AvgIpc) is 2.81. The van der Waals surface area contributed by atoms with Crippen molar-refractivity contribution in [2.45, 2.75) is 31.7 Å². The Kier molecular flexibility index (Phi) is 3.82. The maximum atomic E-state index is 12.0. The van der Waals surface area contributed by atoms with Gasteiger partial charge in [0.1, 0.15) is 0 Å². The van der Waals surface area contributed by atoms with E-state index in [1.54, 1.807) is 24.3 Å². The van der Waals surface area contributed by atoms with Crippen LogP contribution in [0.1, 0.15) is 36.0 Å². The van der Waals surface area contributed by atoms with Crippen molar-refractivity contribution < 1.29 is 9.59 Å². The van der Waals surface area contributed by atoms with E-state index < -0.39 is 6.03 Å². The molecule has 0 spiro atoms. The van der Waals surface area contributed by atoms with Crippen LogP contribution in [0.3, 0.4) is 0 Å². The molecule has 1 aliphatic carbocycles. The largest absolute Gasteiger partial charge is 0.351 e. The summed E-state index contributed by atoms with van der Waals surface area (Å²) in [6.45, 7) is 0. The summed E-state index contributed by atoms with van der Waals surface area (Å²) in [4.78, 5) is 22.7. The molecule has 0 aromatic heterocycles. The highest BCUT2D eigenvalue weighted by Crippen LogP contribution is 2.18. The lowest BCUT2D eigenvalue weighted by atomic mass is 10.1. The van der Waals surface area contributed by atoms with E-state index in [0.29, 0.717) is 11.3 Å². The molecule has 0 saturated heterocycles. The van der Waals surface area contributed by atoms with Crippen molar-refractivity contribution in [3.05, 3.63) is 29.8 Å². The van der Waals surface area contributed by atoms with E-state index >= 15 is 0 Å². The van der Waals surface area contributed by atoms with Crippen molar-refractivity contribution in [3.63, 3.8) is 0 Å². The van der Waals surface area contributed by atoms with Gasteiger partial charge in [-0.25, -0.2) is 4.79 Å². The number of hydrogen-bond donors (Lipinski definition) is 3. The summed E-state index contributed by atoms with van der Waals surface area (Å²) in [5, 5.41) is 5.45. The van der Waals surface area contributed by atoms with Gasteiger partial charge in [-0.3, -0.25) is 4.79 Å². The third kappa shape index (κ3) is 3.23. The molecular weight excluding hydrogens is 230 g/mol. The van der Waals surface area contributed by atoms with E-state index in [2.05, 4.69) is 10.6 Å². The predicted octanol–water partition coefficient (Wildman–Crippen LogP) is 1.85. The fourth-order valence-corrected chi connectivity index (χ4v) is 2.22. The third-order valence-electron chi connectivity index (χ3n) is 3.08. The zero-order chi connectivity index (χ0) is 13.0. The first-order valence-corrected chi connectivity index (χ1v) is 6.12. The van der Waals surface area contributed by atoms with Crippen molar-refractivity contribution in [2.75, 3.05) is 5.32 Å². The molecule has 5 nitrogen and oxygen atoms in total. The summed E-state index contributed by atoms with van der Waals surface area (Å²) in [5.41, 5.74) is 6.10. The van der Waals surface area contributed by atoms with Crippen LogP contribution in [0.25, 0.3) is 0 Å². The van der Waals surface area contributed by atoms with Crippen LogP contribution in [-0.2, 0) is 0 Å². The van der Waals surface area contributed by atoms with Gasteiger partial charge >= 0.3 is 6.03 Å². The normalized spacial score (nSPS) is 15.3. The number of urea groups is 1. The highest BCUT2D eigenvalue weighted by Gasteiger charge is 2.17. The van der Waals surface area contributed by atoms with Crippen molar-refractivity contribution in [1.82, 2.24) is 5.32 Å². The lowest BCUT2D eigenvalue weighted by Gasteiger charge is -2.12. The number of carbonyl (C=O) groups is 2. The summed E-state index contributed by atoms with van der Waals surface area (Å²) < 4.78 is 0. The first-order valence-electron chi connectivity index (χ1n) is 6.12. The molecule has 1 fully saturated rings. The summed E-state index contributed by atoms with van der Waals surface area (Å²) in [6, 6.07) is 6.39. The van der Waals surface area contributed by atoms with Gasteiger partial charge in [-0.1, -0.05) is 18.9 Å². The molecule has 0 radical (unpaired) electrons.